The van der Waals surface area contributed by atoms with Crippen LogP contribution in [0.1, 0.15) is 39.1 Å². The lowest BCUT2D eigenvalue weighted by atomic mass is 9.96. The van der Waals surface area contributed by atoms with Crippen LogP contribution in [-0.4, -0.2) is 9.55 Å². The van der Waals surface area contributed by atoms with E-state index in [4.69, 9.17) is 2.74 Å². The van der Waals surface area contributed by atoms with Crippen LogP contribution in [0.5, 0.6) is 0 Å². The van der Waals surface area contributed by atoms with E-state index in [0.29, 0.717) is 0 Å². The Balaban J connectivity index is 1.68. The second kappa shape index (κ2) is 6.30. The van der Waals surface area contributed by atoms with Gasteiger partial charge in [0.25, 0.3) is 0 Å². The van der Waals surface area contributed by atoms with Crippen molar-refractivity contribution in [1.29, 1.82) is 0 Å². The summed E-state index contributed by atoms with van der Waals surface area (Å²) in [6.07, 6.45) is 3.36. The summed E-state index contributed by atoms with van der Waals surface area (Å²) >= 11 is 0. The Morgan fingerprint density at radius 2 is 2.07 bits per heavy atom. The minimum atomic E-state index is -1.38. The van der Waals surface area contributed by atoms with E-state index in [1.807, 2.05) is 38.4 Å². The van der Waals surface area contributed by atoms with Crippen LogP contribution in [0.15, 0.2) is 54.9 Å². The normalized spacial score (nSPS) is 14.2. The first-order valence-corrected chi connectivity index (χ1v) is 9.87. The molecule has 0 spiro atoms. The molecule has 0 atom stereocenters. The zero-order valence-corrected chi connectivity index (χ0v) is 16.8. The highest BCUT2D eigenvalue weighted by molar-refractivity contribution is 5.82. The number of hydrogen-bond acceptors (Lipinski definition) is 1. The van der Waals surface area contributed by atoms with Gasteiger partial charge in [0.05, 0.1) is 5.69 Å². The van der Waals surface area contributed by atoms with Crippen LogP contribution in [0.3, 0.4) is 0 Å². The van der Waals surface area contributed by atoms with Crippen LogP contribution in [0.25, 0.3) is 27.8 Å². The van der Waals surface area contributed by atoms with Gasteiger partial charge in [0.1, 0.15) is 12.9 Å². The number of hydrogen-bond donors (Lipinski definition) is 0. The van der Waals surface area contributed by atoms with E-state index in [0.717, 1.165) is 34.4 Å². The van der Waals surface area contributed by atoms with Gasteiger partial charge in [0, 0.05) is 44.6 Å². The molecule has 0 saturated carbocycles. The van der Waals surface area contributed by atoms with Crippen molar-refractivity contribution in [3.05, 3.63) is 77.4 Å². The van der Waals surface area contributed by atoms with Gasteiger partial charge in [-0.1, -0.05) is 26.0 Å². The molecule has 2 aromatic heterocycles. The molecule has 0 amide bonds. The van der Waals surface area contributed by atoms with Crippen molar-refractivity contribution in [3.63, 3.8) is 0 Å². The minimum absolute atomic E-state index is 0.0987. The molecule has 0 bridgehead atoms. The Kier molecular flexibility index (Phi) is 3.38. The zero-order valence-electron chi connectivity index (χ0n) is 18.8. The molecule has 0 aliphatic carbocycles. The molecule has 0 unspecified atom stereocenters. The van der Waals surface area contributed by atoms with Gasteiger partial charge < -0.3 is 4.57 Å². The predicted molar refractivity (Wildman–Crippen MR) is 114 cm³/mol. The lowest BCUT2D eigenvalue weighted by Crippen LogP contribution is -2.32. The molecule has 0 radical (unpaired) electrons. The number of rotatable bonds is 3. The molecule has 140 valence electrons. The highest BCUT2D eigenvalue weighted by atomic mass is 15.1. The third-order valence-corrected chi connectivity index (χ3v) is 5.68. The molecule has 0 N–H and O–H groups in total. The van der Waals surface area contributed by atoms with E-state index in [-0.39, 0.29) is 5.92 Å². The Hall–Kier alpha value is -2.94. The molecule has 0 saturated heterocycles. The molecule has 1 aliphatic heterocycles. The van der Waals surface area contributed by atoms with Crippen LogP contribution in [0.2, 0.25) is 0 Å². The molecule has 2 aromatic carbocycles. The smallest absolute Gasteiger partial charge is 0.213 e. The van der Waals surface area contributed by atoms with Crippen molar-refractivity contribution in [2.24, 2.45) is 13.0 Å². The Morgan fingerprint density at radius 1 is 1.21 bits per heavy atom. The summed E-state index contributed by atoms with van der Waals surface area (Å²) in [6.45, 7) is 6.03. The van der Waals surface area contributed by atoms with Gasteiger partial charge in [-0.15, -0.1) is 0 Å². The van der Waals surface area contributed by atoms with E-state index in [1.165, 1.54) is 22.4 Å². The molecular weight excluding hydrogens is 342 g/mol. The third kappa shape index (κ3) is 2.57. The molecule has 4 aromatic rings. The van der Waals surface area contributed by atoms with Gasteiger partial charge in [-0.2, -0.15) is 4.57 Å². The predicted octanol–water partition coefficient (Wildman–Crippen LogP) is 4.93. The van der Waals surface area contributed by atoms with Gasteiger partial charge in [0.2, 0.25) is 11.2 Å². The maximum Gasteiger partial charge on any atom is 0.213 e. The van der Waals surface area contributed by atoms with Crippen molar-refractivity contribution in [1.82, 2.24) is 9.55 Å². The van der Waals surface area contributed by atoms with Crippen molar-refractivity contribution in [2.45, 2.75) is 33.6 Å². The van der Waals surface area contributed by atoms with Crippen LogP contribution < -0.4 is 4.57 Å². The average molecular weight is 371 g/mol. The average Bonchev–Trinajstić information content (AvgIpc) is 3.29. The number of nitrogens with zero attached hydrogens (tertiary/aromatic N) is 3. The summed E-state index contributed by atoms with van der Waals surface area (Å²) in [7, 11) is 2.07. The second-order valence-corrected chi connectivity index (χ2v) is 8.00. The number of pyridine rings is 1. The SMILES string of the molecule is [2H]C([2H])(c1cccc2c1ccc(-c1cc3c(cc1C)-n1ccnc1C3)[n+]2C)C(C)C. The maximum absolute atomic E-state index is 8.61. The van der Waals surface area contributed by atoms with Gasteiger partial charge in [-0.3, -0.25) is 0 Å². The van der Waals surface area contributed by atoms with Gasteiger partial charge in [-0.25, -0.2) is 4.98 Å². The Labute approximate surface area is 169 Å². The van der Waals surface area contributed by atoms with E-state index in [2.05, 4.69) is 58.4 Å². The Bertz CT molecular complexity index is 1300. The lowest BCUT2D eigenvalue weighted by Gasteiger charge is -2.12. The quantitative estimate of drug-likeness (QED) is 0.413. The summed E-state index contributed by atoms with van der Waals surface area (Å²) in [4.78, 5) is 4.47. The molecule has 5 rings (SSSR count). The number of fused-ring (bicyclic) bond motifs is 4. The molecular formula is C25H26N3+. The Morgan fingerprint density at radius 3 is 2.89 bits per heavy atom. The number of benzene rings is 2. The van der Waals surface area contributed by atoms with Crippen molar-refractivity contribution < 1.29 is 7.31 Å². The lowest BCUT2D eigenvalue weighted by molar-refractivity contribution is -0.633. The maximum atomic E-state index is 8.61. The monoisotopic (exact) mass is 370 g/mol. The van der Waals surface area contributed by atoms with Gasteiger partial charge >= 0.3 is 0 Å². The van der Waals surface area contributed by atoms with Crippen molar-refractivity contribution in [3.8, 4) is 16.9 Å². The first-order valence-electron chi connectivity index (χ1n) is 10.9. The van der Waals surface area contributed by atoms with E-state index >= 15 is 0 Å². The van der Waals surface area contributed by atoms with E-state index in [9.17, 15) is 0 Å². The molecule has 28 heavy (non-hydrogen) atoms. The van der Waals surface area contributed by atoms with Crippen LogP contribution in [-0.2, 0) is 19.8 Å². The molecule has 3 heteroatoms. The van der Waals surface area contributed by atoms with Crippen LogP contribution in [0.4, 0.5) is 0 Å². The summed E-state index contributed by atoms with van der Waals surface area (Å²) in [5.74, 6) is 0.989. The van der Waals surface area contributed by atoms with Crippen molar-refractivity contribution >= 4 is 10.9 Å². The standard InChI is InChI=1S/C25H26N3/c1-16(2)12-18-6-5-7-22-20(18)8-9-23(27(22)4)21-14-19-15-25-26-10-11-28(25)24(19)13-17(21)3/h5-11,13-14,16H,12,15H2,1-4H3/q+1/i12D2. The first kappa shape index (κ1) is 15.0. The second-order valence-electron chi connectivity index (χ2n) is 8.00. The molecule has 0 fully saturated rings. The molecule has 3 nitrogen and oxygen atoms in total. The summed E-state index contributed by atoms with van der Waals surface area (Å²) in [5.41, 5.74) is 7.88. The largest absolute Gasteiger partial charge is 0.303 e. The summed E-state index contributed by atoms with van der Waals surface area (Å²) < 4.78 is 21.6. The topological polar surface area (TPSA) is 21.7 Å². The number of imidazole rings is 1. The van der Waals surface area contributed by atoms with Crippen molar-refractivity contribution in [2.75, 3.05) is 0 Å². The van der Waals surface area contributed by atoms with Crippen LogP contribution in [0, 0.1) is 12.8 Å². The van der Waals surface area contributed by atoms with Gasteiger partial charge in [0.15, 0.2) is 0 Å². The molecule has 1 aliphatic rings. The van der Waals surface area contributed by atoms with Gasteiger partial charge in [-0.05, 0) is 54.1 Å². The highest BCUT2D eigenvalue weighted by Gasteiger charge is 2.23. The number of aromatic nitrogens is 3. The fourth-order valence-electron chi connectivity index (χ4n) is 4.37. The minimum Gasteiger partial charge on any atom is -0.303 e. The summed E-state index contributed by atoms with van der Waals surface area (Å²) in [5, 5.41) is 0.974. The fourth-order valence-corrected chi connectivity index (χ4v) is 4.37. The third-order valence-electron chi connectivity index (χ3n) is 5.68. The van der Waals surface area contributed by atoms with Crippen LogP contribution >= 0.6 is 0 Å². The summed E-state index contributed by atoms with van der Waals surface area (Å²) in [6, 6.07) is 14.7. The highest BCUT2D eigenvalue weighted by Crippen LogP contribution is 2.33. The fraction of sp³-hybridized carbons (Fsp3) is 0.280. The zero-order chi connectivity index (χ0) is 21.2. The van der Waals surface area contributed by atoms with E-state index in [1.54, 1.807) is 0 Å². The number of aryl methyl sites for hydroxylation is 2. The molecule has 3 heterocycles. The first-order chi connectivity index (χ1) is 14.3. The van der Waals surface area contributed by atoms with E-state index < -0.39 is 6.37 Å².